The van der Waals surface area contributed by atoms with Crippen molar-refractivity contribution in [3.63, 3.8) is 0 Å². The average Bonchev–Trinajstić information content (AvgIpc) is 2.65. The summed E-state index contributed by atoms with van der Waals surface area (Å²) in [5.41, 5.74) is -4.11. The third-order valence-electron chi connectivity index (χ3n) is 2.97. The van der Waals surface area contributed by atoms with E-state index < -0.39 is 48.4 Å². The highest BCUT2D eigenvalue weighted by Gasteiger charge is 2.63. The van der Waals surface area contributed by atoms with E-state index in [1.54, 1.807) is 0 Å². The number of ether oxygens (including phenoxy) is 2. The van der Waals surface area contributed by atoms with Crippen LogP contribution >= 0.6 is 0 Å². The van der Waals surface area contributed by atoms with Gasteiger partial charge in [-0.3, -0.25) is 4.90 Å². The molecule has 122 valence electrons. The Labute approximate surface area is 119 Å². The highest BCUT2D eigenvalue weighted by atomic mass is 19.4. The van der Waals surface area contributed by atoms with Crippen LogP contribution in [0.25, 0.3) is 0 Å². The summed E-state index contributed by atoms with van der Waals surface area (Å²) in [4.78, 5) is 24.0. The first-order valence-electron chi connectivity index (χ1n) is 6.17. The van der Waals surface area contributed by atoms with Crippen molar-refractivity contribution in [2.75, 3.05) is 13.7 Å². The van der Waals surface area contributed by atoms with Gasteiger partial charge in [0.15, 0.2) is 5.60 Å². The summed E-state index contributed by atoms with van der Waals surface area (Å²) in [5, 5.41) is 9.68. The van der Waals surface area contributed by atoms with Gasteiger partial charge < -0.3 is 14.6 Å². The number of hydrogen-bond acceptors (Lipinski definition) is 5. The molecule has 0 radical (unpaired) electrons. The van der Waals surface area contributed by atoms with Gasteiger partial charge in [0.05, 0.1) is 13.7 Å². The molecular formula is C12H18F3NO5. The first kappa shape index (κ1) is 17.5. The topological polar surface area (TPSA) is 76.1 Å². The molecule has 6 nitrogen and oxygen atoms in total. The Morgan fingerprint density at radius 2 is 1.81 bits per heavy atom. The van der Waals surface area contributed by atoms with Gasteiger partial charge in [0.2, 0.25) is 0 Å². The standard InChI is InChI=1S/C12H18F3NO5/c1-10(2,3)21-9(18)16-6-11(19,12(13,14)15)5-7(16)8(17)20-4/h7,19H,5-6H2,1-4H3/t7-,11-/m0/s1. The van der Waals surface area contributed by atoms with Gasteiger partial charge in [0.1, 0.15) is 11.6 Å². The number of alkyl halides is 3. The van der Waals surface area contributed by atoms with Crippen LogP contribution in [0.4, 0.5) is 18.0 Å². The molecule has 0 bridgehead atoms. The van der Waals surface area contributed by atoms with Crippen LogP contribution in [0, 0.1) is 0 Å². The Morgan fingerprint density at radius 3 is 2.19 bits per heavy atom. The van der Waals surface area contributed by atoms with Gasteiger partial charge in [-0.1, -0.05) is 0 Å². The molecule has 2 atom stereocenters. The predicted octanol–water partition coefficient (Wildman–Crippen LogP) is 1.46. The highest BCUT2D eigenvalue weighted by Crippen LogP contribution is 2.41. The Balaban J connectivity index is 3.04. The summed E-state index contributed by atoms with van der Waals surface area (Å²) in [5.74, 6) is -1.04. The number of carbonyl (C=O) groups is 2. The molecule has 0 aliphatic carbocycles. The molecule has 9 heteroatoms. The first-order chi connectivity index (χ1) is 9.31. The van der Waals surface area contributed by atoms with Gasteiger partial charge >= 0.3 is 18.2 Å². The van der Waals surface area contributed by atoms with Gasteiger partial charge in [0.25, 0.3) is 0 Å². The molecule has 0 aromatic heterocycles. The number of rotatable bonds is 1. The Kier molecular flexibility index (Phi) is 4.48. The monoisotopic (exact) mass is 313 g/mol. The molecule has 0 spiro atoms. The maximum atomic E-state index is 12.9. The maximum absolute atomic E-state index is 12.9. The molecule has 1 heterocycles. The number of carbonyl (C=O) groups excluding carboxylic acids is 2. The van der Waals surface area contributed by atoms with Crippen LogP contribution in [-0.2, 0) is 14.3 Å². The van der Waals surface area contributed by atoms with Crippen LogP contribution in [0.3, 0.4) is 0 Å². The van der Waals surface area contributed by atoms with Crippen molar-refractivity contribution in [3.05, 3.63) is 0 Å². The third kappa shape index (κ3) is 3.78. The van der Waals surface area contributed by atoms with Crippen molar-refractivity contribution < 1.29 is 37.3 Å². The van der Waals surface area contributed by atoms with E-state index in [9.17, 15) is 27.9 Å². The van der Waals surface area contributed by atoms with Crippen molar-refractivity contribution in [1.29, 1.82) is 0 Å². The van der Waals surface area contributed by atoms with Crippen molar-refractivity contribution in [3.8, 4) is 0 Å². The minimum atomic E-state index is -4.98. The zero-order valence-electron chi connectivity index (χ0n) is 12.2. The number of methoxy groups -OCH3 is 1. The van der Waals surface area contributed by atoms with E-state index in [0.717, 1.165) is 7.11 Å². The molecule has 1 N–H and O–H groups in total. The number of nitrogens with zero attached hydrogens (tertiary/aromatic N) is 1. The van der Waals surface area contributed by atoms with Crippen LogP contribution in [-0.4, -0.2) is 59.1 Å². The molecule has 0 aromatic carbocycles. The van der Waals surface area contributed by atoms with Crippen LogP contribution in [0.15, 0.2) is 0 Å². The van der Waals surface area contributed by atoms with E-state index in [2.05, 4.69) is 4.74 Å². The van der Waals surface area contributed by atoms with Gasteiger partial charge in [-0.15, -0.1) is 0 Å². The highest BCUT2D eigenvalue weighted by molar-refractivity contribution is 5.82. The van der Waals surface area contributed by atoms with E-state index in [0.29, 0.717) is 4.90 Å². The van der Waals surface area contributed by atoms with E-state index in [1.165, 1.54) is 20.8 Å². The minimum Gasteiger partial charge on any atom is -0.467 e. The van der Waals surface area contributed by atoms with Crippen LogP contribution < -0.4 is 0 Å². The molecule has 21 heavy (non-hydrogen) atoms. The quantitative estimate of drug-likeness (QED) is 0.742. The zero-order chi connectivity index (χ0) is 16.6. The van der Waals surface area contributed by atoms with Gasteiger partial charge in [-0.05, 0) is 20.8 Å². The number of β-amino-alcohol motifs (C(OH)–C–C–N with tert-alkyl or cyclic N) is 1. The van der Waals surface area contributed by atoms with Crippen LogP contribution in [0.1, 0.15) is 27.2 Å². The number of aliphatic hydroxyl groups is 1. The third-order valence-corrected chi connectivity index (χ3v) is 2.97. The summed E-state index contributed by atoms with van der Waals surface area (Å²) in [6, 6.07) is -1.54. The summed E-state index contributed by atoms with van der Waals surface area (Å²) in [7, 11) is 0.987. The summed E-state index contributed by atoms with van der Waals surface area (Å²) >= 11 is 0. The molecule has 1 rings (SSSR count). The normalized spacial score (nSPS) is 26.7. The lowest BCUT2D eigenvalue weighted by Gasteiger charge is -2.28. The van der Waals surface area contributed by atoms with Crippen molar-refractivity contribution in [1.82, 2.24) is 4.90 Å². The molecule has 0 unspecified atom stereocenters. The molecule has 1 aliphatic heterocycles. The molecule has 1 amide bonds. The Morgan fingerprint density at radius 1 is 1.29 bits per heavy atom. The van der Waals surface area contributed by atoms with Gasteiger partial charge in [0, 0.05) is 6.42 Å². The van der Waals surface area contributed by atoms with E-state index in [-0.39, 0.29) is 0 Å². The lowest BCUT2D eigenvalue weighted by Crippen LogP contribution is -2.48. The first-order valence-corrected chi connectivity index (χ1v) is 6.17. The second kappa shape index (κ2) is 5.36. The number of likely N-dealkylation sites (tertiary alicyclic amines) is 1. The number of hydrogen-bond donors (Lipinski definition) is 1. The molecule has 0 saturated carbocycles. The Hall–Kier alpha value is -1.51. The number of halogens is 3. The fourth-order valence-corrected chi connectivity index (χ4v) is 1.95. The molecular weight excluding hydrogens is 295 g/mol. The van der Waals surface area contributed by atoms with Crippen LogP contribution in [0.5, 0.6) is 0 Å². The van der Waals surface area contributed by atoms with Gasteiger partial charge in [-0.2, -0.15) is 13.2 Å². The summed E-state index contributed by atoms with van der Waals surface area (Å²) < 4.78 is 48.0. The Bertz CT molecular complexity index is 432. The summed E-state index contributed by atoms with van der Waals surface area (Å²) in [6.45, 7) is 3.52. The zero-order valence-corrected chi connectivity index (χ0v) is 12.2. The van der Waals surface area contributed by atoms with E-state index >= 15 is 0 Å². The average molecular weight is 313 g/mol. The predicted molar refractivity (Wildman–Crippen MR) is 64.4 cm³/mol. The van der Waals surface area contributed by atoms with E-state index in [1.807, 2.05) is 0 Å². The number of amides is 1. The fraction of sp³-hybridized carbons (Fsp3) is 0.833. The smallest absolute Gasteiger partial charge is 0.419 e. The maximum Gasteiger partial charge on any atom is 0.419 e. The lowest BCUT2D eigenvalue weighted by atomic mass is 10.00. The SMILES string of the molecule is COC(=O)[C@@H]1C[C@@](O)(C(F)(F)F)CN1C(=O)OC(C)(C)C. The summed E-state index contributed by atoms with van der Waals surface area (Å²) in [6.07, 6.45) is -7.07. The molecule has 0 aromatic rings. The lowest BCUT2D eigenvalue weighted by molar-refractivity contribution is -0.253. The molecule has 1 saturated heterocycles. The minimum absolute atomic E-state index is 0.546. The number of esters is 1. The molecule has 1 fully saturated rings. The fourth-order valence-electron chi connectivity index (χ4n) is 1.95. The van der Waals surface area contributed by atoms with Crippen LogP contribution in [0.2, 0.25) is 0 Å². The van der Waals surface area contributed by atoms with Crippen molar-refractivity contribution in [2.24, 2.45) is 0 Å². The molecule has 1 aliphatic rings. The van der Waals surface area contributed by atoms with Crippen molar-refractivity contribution in [2.45, 2.75) is 50.6 Å². The second-order valence-corrected chi connectivity index (χ2v) is 5.88. The van der Waals surface area contributed by atoms with Crippen molar-refractivity contribution >= 4 is 12.1 Å². The largest absolute Gasteiger partial charge is 0.467 e. The second-order valence-electron chi connectivity index (χ2n) is 5.88. The van der Waals surface area contributed by atoms with Gasteiger partial charge in [-0.25, -0.2) is 9.59 Å². The van der Waals surface area contributed by atoms with E-state index in [4.69, 9.17) is 4.74 Å².